The summed E-state index contributed by atoms with van der Waals surface area (Å²) in [5.41, 5.74) is 0.937. The van der Waals surface area contributed by atoms with Crippen LogP contribution in [0, 0.1) is 5.92 Å². The molecule has 3 heterocycles. The van der Waals surface area contributed by atoms with Crippen LogP contribution in [-0.4, -0.2) is 65.4 Å². The molecule has 1 unspecified atom stereocenters. The van der Waals surface area contributed by atoms with Crippen molar-refractivity contribution >= 4 is 11.7 Å². The monoisotopic (exact) mass is 303 g/mol. The maximum atomic E-state index is 12.1. The lowest BCUT2D eigenvalue weighted by Gasteiger charge is -2.29. The summed E-state index contributed by atoms with van der Waals surface area (Å²) in [6.07, 6.45) is 9.31. The predicted octanol–water partition coefficient (Wildman–Crippen LogP) is 1.80. The van der Waals surface area contributed by atoms with Crippen molar-refractivity contribution in [1.82, 2.24) is 19.6 Å². The second-order valence-electron chi connectivity index (χ2n) is 7.03. The normalized spacial score (nSPS) is 27.0. The zero-order chi connectivity index (χ0) is 15.1. The molecule has 1 aromatic heterocycles. The summed E-state index contributed by atoms with van der Waals surface area (Å²) < 4.78 is 2.07. The van der Waals surface area contributed by atoms with Crippen molar-refractivity contribution in [3.05, 3.63) is 12.4 Å². The van der Waals surface area contributed by atoms with E-state index in [2.05, 4.69) is 20.9 Å². The summed E-state index contributed by atoms with van der Waals surface area (Å²) in [6.45, 7) is 5.11. The minimum absolute atomic E-state index is 0.0811. The van der Waals surface area contributed by atoms with Gasteiger partial charge in [-0.1, -0.05) is 6.42 Å². The molecule has 6 nitrogen and oxygen atoms in total. The second kappa shape index (κ2) is 5.57. The number of amides is 2. The summed E-state index contributed by atoms with van der Waals surface area (Å²) in [5.74, 6) is 0.935. The van der Waals surface area contributed by atoms with Gasteiger partial charge < -0.3 is 9.80 Å². The predicted molar refractivity (Wildman–Crippen MR) is 85.0 cm³/mol. The molecule has 3 aliphatic rings. The fraction of sp³-hybridized carbons (Fsp3) is 0.750. The molecule has 120 valence electrons. The van der Waals surface area contributed by atoms with E-state index in [1.54, 1.807) is 4.90 Å². The van der Waals surface area contributed by atoms with Gasteiger partial charge in [-0.2, -0.15) is 5.10 Å². The van der Waals surface area contributed by atoms with E-state index >= 15 is 0 Å². The van der Waals surface area contributed by atoms with Crippen LogP contribution in [0.5, 0.6) is 0 Å². The Morgan fingerprint density at radius 3 is 2.77 bits per heavy atom. The molecule has 0 radical (unpaired) electrons. The second-order valence-corrected chi connectivity index (χ2v) is 7.03. The van der Waals surface area contributed by atoms with Crippen molar-refractivity contribution in [2.24, 2.45) is 5.92 Å². The third kappa shape index (κ3) is 2.49. The Balaban J connectivity index is 1.38. The first-order chi connectivity index (χ1) is 10.7. The van der Waals surface area contributed by atoms with Crippen LogP contribution >= 0.6 is 0 Å². The molecule has 1 aromatic rings. The van der Waals surface area contributed by atoms with Gasteiger partial charge in [0.1, 0.15) is 0 Å². The van der Waals surface area contributed by atoms with Crippen LogP contribution in [0.3, 0.4) is 0 Å². The Morgan fingerprint density at radius 2 is 2.09 bits per heavy atom. The first-order valence-electron chi connectivity index (χ1n) is 8.50. The van der Waals surface area contributed by atoms with Gasteiger partial charge in [-0.25, -0.2) is 4.79 Å². The number of aromatic nitrogens is 2. The zero-order valence-corrected chi connectivity index (χ0v) is 13.3. The van der Waals surface area contributed by atoms with Crippen molar-refractivity contribution in [1.29, 1.82) is 0 Å². The van der Waals surface area contributed by atoms with E-state index in [-0.39, 0.29) is 6.03 Å². The SMILES string of the molecule is CN1CCN(c2cnn(C3CCN(CC4CCC4)C3)c2)C1=O. The van der Waals surface area contributed by atoms with Gasteiger partial charge in [0.05, 0.1) is 17.9 Å². The Bertz CT molecular complexity index is 552. The summed E-state index contributed by atoms with van der Waals surface area (Å²) in [6, 6.07) is 0.543. The molecular weight excluding hydrogens is 278 g/mol. The Labute approximate surface area is 131 Å². The zero-order valence-electron chi connectivity index (χ0n) is 13.3. The Hall–Kier alpha value is -1.56. The highest BCUT2D eigenvalue weighted by Gasteiger charge is 2.30. The van der Waals surface area contributed by atoms with Crippen molar-refractivity contribution in [3.8, 4) is 0 Å². The van der Waals surface area contributed by atoms with Crippen LogP contribution in [0.2, 0.25) is 0 Å². The number of urea groups is 1. The van der Waals surface area contributed by atoms with E-state index in [9.17, 15) is 4.79 Å². The Kier molecular flexibility index (Phi) is 3.56. The van der Waals surface area contributed by atoms with Gasteiger partial charge in [-0.05, 0) is 25.2 Å². The van der Waals surface area contributed by atoms with Crippen LogP contribution in [0.15, 0.2) is 12.4 Å². The topological polar surface area (TPSA) is 44.6 Å². The quantitative estimate of drug-likeness (QED) is 0.852. The van der Waals surface area contributed by atoms with Gasteiger partial charge in [0.25, 0.3) is 0 Å². The average molecular weight is 303 g/mol. The van der Waals surface area contributed by atoms with Gasteiger partial charge >= 0.3 is 6.03 Å². The summed E-state index contributed by atoms with van der Waals surface area (Å²) in [4.78, 5) is 18.2. The first kappa shape index (κ1) is 14.1. The highest BCUT2D eigenvalue weighted by atomic mass is 16.2. The number of hydrogen-bond acceptors (Lipinski definition) is 3. The van der Waals surface area contributed by atoms with Gasteiger partial charge in [0, 0.05) is 46.0 Å². The highest BCUT2D eigenvalue weighted by Crippen LogP contribution is 2.30. The number of rotatable bonds is 4. The fourth-order valence-corrected chi connectivity index (χ4v) is 3.79. The van der Waals surface area contributed by atoms with Crippen LogP contribution in [0.1, 0.15) is 31.7 Å². The average Bonchev–Trinajstić information content (AvgIpc) is 3.16. The molecule has 1 saturated carbocycles. The third-order valence-electron chi connectivity index (χ3n) is 5.48. The van der Waals surface area contributed by atoms with Crippen LogP contribution in [0.25, 0.3) is 0 Å². The molecule has 0 N–H and O–H groups in total. The van der Waals surface area contributed by atoms with E-state index in [0.29, 0.717) is 6.04 Å². The van der Waals surface area contributed by atoms with Gasteiger partial charge in [-0.15, -0.1) is 0 Å². The highest BCUT2D eigenvalue weighted by molar-refractivity contribution is 5.93. The summed E-state index contributed by atoms with van der Waals surface area (Å²) in [5, 5.41) is 4.53. The lowest BCUT2D eigenvalue weighted by molar-refractivity contribution is 0.200. The maximum absolute atomic E-state index is 12.1. The number of anilines is 1. The van der Waals surface area contributed by atoms with E-state index in [4.69, 9.17) is 0 Å². The van der Waals surface area contributed by atoms with Crippen LogP contribution in [-0.2, 0) is 0 Å². The first-order valence-corrected chi connectivity index (χ1v) is 8.50. The minimum Gasteiger partial charge on any atom is -0.326 e. The summed E-state index contributed by atoms with van der Waals surface area (Å²) >= 11 is 0. The standard InChI is InChI=1S/C16H25N5O/c1-18-7-8-20(16(18)22)15-9-17-21(12-15)14-5-6-19(11-14)10-13-3-2-4-13/h9,12-14H,2-8,10-11H2,1H3. The number of hydrogen-bond donors (Lipinski definition) is 0. The molecule has 2 aliphatic heterocycles. The number of carbonyl (C=O) groups is 1. The largest absolute Gasteiger partial charge is 0.326 e. The molecule has 0 spiro atoms. The van der Waals surface area contributed by atoms with E-state index in [1.165, 1.54) is 38.8 Å². The lowest BCUT2D eigenvalue weighted by Crippen LogP contribution is -2.31. The summed E-state index contributed by atoms with van der Waals surface area (Å²) in [7, 11) is 1.85. The molecule has 4 rings (SSSR count). The fourth-order valence-electron chi connectivity index (χ4n) is 3.79. The molecular formula is C16H25N5O. The van der Waals surface area contributed by atoms with Gasteiger partial charge in [-0.3, -0.25) is 9.58 Å². The molecule has 3 fully saturated rings. The number of nitrogens with zero attached hydrogens (tertiary/aromatic N) is 5. The smallest absolute Gasteiger partial charge is 0.324 e. The molecule has 0 bridgehead atoms. The van der Waals surface area contributed by atoms with Gasteiger partial charge in [0.15, 0.2) is 0 Å². The lowest BCUT2D eigenvalue weighted by atomic mass is 9.85. The van der Waals surface area contributed by atoms with Crippen molar-refractivity contribution in [3.63, 3.8) is 0 Å². The molecule has 2 saturated heterocycles. The Morgan fingerprint density at radius 1 is 1.23 bits per heavy atom. The number of likely N-dealkylation sites (N-methyl/N-ethyl adjacent to an activating group) is 1. The molecule has 0 aromatic carbocycles. The van der Waals surface area contributed by atoms with Crippen molar-refractivity contribution in [2.75, 3.05) is 44.7 Å². The molecule has 1 aliphatic carbocycles. The number of carbonyl (C=O) groups excluding carboxylic acids is 1. The van der Waals surface area contributed by atoms with Crippen LogP contribution < -0.4 is 4.90 Å². The van der Waals surface area contributed by atoms with E-state index < -0.39 is 0 Å². The molecule has 1 atom stereocenters. The molecule has 22 heavy (non-hydrogen) atoms. The molecule has 6 heteroatoms. The molecule has 2 amide bonds. The maximum Gasteiger partial charge on any atom is 0.324 e. The van der Waals surface area contributed by atoms with Gasteiger partial charge in [0.2, 0.25) is 0 Å². The minimum atomic E-state index is 0.0811. The third-order valence-corrected chi connectivity index (χ3v) is 5.48. The van der Waals surface area contributed by atoms with Crippen molar-refractivity contribution < 1.29 is 4.79 Å². The van der Waals surface area contributed by atoms with E-state index in [0.717, 1.165) is 31.2 Å². The number of likely N-dealkylation sites (tertiary alicyclic amines) is 1. The van der Waals surface area contributed by atoms with Crippen LogP contribution in [0.4, 0.5) is 10.5 Å². The van der Waals surface area contributed by atoms with Crippen molar-refractivity contribution in [2.45, 2.75) is 31.7 Å². The van der Waals surface area contributed by atoms with E-state index in [1.807, 2.05) is 18.1 Å².